The van der Waals surface area contributed by atoms with Gasteiger partial charge >= 0.3 is 6.09 Å². The SMILES string of the molecule is CCC(C)(C)NC(=O)Oc1ccccc1. The highest BCUT2D eigenvalue weighted by atomic mass is 16.6. The lowest BCUT2D eigenvalue weighted by molar-refractivity contribution is 0.187. The van der Waals surface area contributed by atoms with E-state index in [0.29, 0.717) is 5.75 Å². The first kappa shape index (κ1) is 11.6. The topological polar surface area (TPSA) is 38.3 Å². The third kappa shape index (κ3) is 4.02. The van der Waals surface area contributed by atoms with Gasteiger partial charge < -0.3 is 10.1 Å². The molecule has 0 unspecified atom stereocenters. The number of hydrogen-bond donors (Lipinski definition) is 1. The van der Waals surface area contributed by atoms with Crippen LogP contribution < -0.4 is 10.1 Å². The minimum absolute atomic E-state index is 0.230. The number of hydrogen-bond acceptors (Lipinski definition) is 2. The number of ether oxygens (including phenoxy) is 1. The summed E-state index contributed by atoms with van der Waals surface area (Å²) in [5.41, 5.74) is -0.230. The zero-order chi connectivity index (χ0) is 11.3. The van der Waals surface area contributed by atoms with Gasteiger partial charge in [-0.2, -0.15) is 0 Å². The molecule has 82 valence electrons. The molecule has 3 heteroatoms. The highest BCUT2D eigenvalue weighted by Crippen LogP contribution is 2.11. The van der Waals surface area contributed by atoms with Crippen LogP contribution in [0.5, 0.6) is 5.75 Å². The molecule has 0 saturated heterocycles. The smallest absolute Gasteiger partial charge is 0.410 e. The average molecular weight is 207 g/mol. The van der Waals surface area contributed by atoms with E-state index in [1.165, 1.54) is 0 Å². The van der Waals surface area contributed by atoms with Crippen LogP contribution in [0.2, 0.25) is 0 Å². The summed E-state index contributed by atoms with van der Waals surface area (Å²) in [7, 11) is 0. The summed E-state index contributed by atoms with van der Waals surface area (Å²) in [5.74, 6) is 0.557. The quantitative estimate of drug-likeness (QED) is 0.827. The standard InChI is InChI=1S/C12H17NO2/c1-4-12(2,3)13-11(14)15-10-8-6-5-7-9-10/h5-9H,4H2,1-3H3,(H,13,14). The van der Waals surface area contributed by atoms with Gasteiger partial charge in [0.2, 0.25) is 0 Å². The molecule has 0 heterocycles. The van der Waals surface area contributed by atoms with E-state index in [-0.39, 0.29) is 5.54 Å². The molecule has 1 N–H and O–H groups in total. The Morgan fingerprint density at radius 3 is 2.47 bits per heavy atom. The molecule has 15 heavy (non-hydrogen) atoms. The van der Waals surface area contributed by atoms with E-state index in [1.807, 2.05) is 39.0 Å². The van der Waals surface area contributed by atoms with Gasteiger partial charge in [-0.15, -0.1) is 0 Å². The molecule has 0 bridgehead atoms. The van der Waals surface area contributed by atoms with Gasteiger partial charge in [0.15, 0.2) is 0 Å². The number of rotatable bonds is 3. The first-order valence-corrected chi connectivity index (χ1v) is 5.08. The van der Waals surface area contributed by atoms with Crippen LogP contribution in [0.25, 0.3) is 0 Å². The molecule has 0 saturated carbocycles. The third-order valence-corrected chi connectivity index (χ3v) is 2.28. The average Bonchev–Trinajstić information content (AvgIpc) is 2.18. The van der Waals surface area contributed by atoms with Crippen molar-refractivity contribution in [3.63, 3.8) is 0 Å². The highest BCUT2D eigenvalue weighted by Gasteiger charge is 2.18. The van der Waals surface area contributed by atoms with Crippen LogP contribution in [-0.4, -0.2) is 11.6 Å². The maximum Gasteiger partial charge on any atom is 0.413 e. The maximum absolute atomic E-state index is 11.5. The molecule has 0 aromatic heterocycles. The Morgan fingerprint density at radius 1 is 1.33 bits per heavy atom. The molecule has 0 radical (unpaired) electrons. The van der Waals surface area contributed by atoms with Gasteiger partial charge in [0.25, 0.3) is 0 Å². The second-order valence-corrected chi connectivity index (χ2v) is 4.07. The summed E-state index contributed by atoms with van der Waals surface area (Å²) in [5, 5.41) is 2.79. The number of nitrogens with one attached hydrogen (secondary N) is 1. The van der Waals surface area contributed by atoms with Crippen molar-refractivity contribution in [2.24, 2.45) is 0 Å². The minimum Gasteiger partial charge on any atom is -0.410 e. The predicted octanol–water partition coefficient (Wildman–Crippen LogP) is 2.96. The van der Waals surface area contributed by atoms with Crippen molar-refractivity contribution in [3.05, 3.63) is 30.3 Å². The highest BCUT2D eigenvalue weighted by molar-refractivity contribution is 5.71. The Morgan fingerprint density at radius 2 is 1.93 bits per heavy atom. The van der Waals surface area contributed by atoms with Crippen LogP contribution in [0.4, 0.5) is 4.79 Å². The zero-order valence-electron chi connectivity index (χ0n) is 9.41. The Labute approximate surface area is 90.4 Å². The van der Waals surface area contributed by atoms with E-state index in [4.69, 9.17) is 4.74 Å². The van der Waals surface area contributed by atoms with E-state index < -0.39 is 6.09 Å². The maximum atomic E-state index is 11.5. The predicted molar refractivity (Wildman–Crippen MR) is 60.0 cm³/mol. The van der Waals surface area contributed by atoms with Gasteiger partial charge in [0, 0.05) is 5.54 Å². The van der Waals surface area contributed by atoms with Gasteiger partial charge in [-0.1, -0.05) is 25.1 Å². The molecule has 1 rings (SSSR count). The molecule has 0 aliphatic heterocycles. The molecule has 0 spiro atoms. The van der Waals surface area contributed by atoms with E-state index in [0.717, 1.165) is 6.42 Å². The fourth-order valence-electron chi connectivity index (χ4n) is 0.986. The van der Waals surface area contributed by atoms with Crippen molar-refractivity contribution in [3.8, 4) is 5.75 Å². The van der Waals surface area contributed by atoms with Crippen LogP contribution in [0.15, 0.2) is 30.3 Å². The van der Waals surface area contributed by atoms with Crippen molar-refractivity contribution in [2.75, 3.05) is 0 Å². The van der Waals surface area contributed by atoms with Crippen molar-refractivity contribution in [1.82, 2.24) is 5.32 Å². The summed E-state index contributed by atoms with van der Waals surface area (Å²) in [6, 6.07) is 9.03. The first-order valence-electron chi connectivity index (χ1n) is 5.08. The largest absolute Gasteiger partial charge is 0.413 e. The van der Waals surface area contributed by atoms with E-state index >= 15 is 0 Å². The molecule has 0 atom stereocenters. The molecule has 1 aromatic rings. The fourth-order valence-corrected chi connectivity index (χ4v) is 0.986. The van der Waals surface area contributed by atoms with Gasteiger partial charge in [0.05, 0.1) is 0 Å². The van der Waals surface area contributed by atoms with E-state index in [9.17, 15) is 4.79 Å². The lowest BCUT2D eigenvalue weighted by Crippen LogP contribution is -2.44. The summed E-state index contributed by atoms with van der Waals surface area (Å²) < 4.78 is 5.10. The minimum atomic E-state index is -0.409. The van der Waals surface area contributed by atoms with Crippen LogP contribution >= 0.6 is 0 Å². The molecular weight excluding hydrogens is 190 g/mol. The van der Waals surface area contributed by atoms with Gasteiger partial charge in [0.1, 0.15) is 5.75 Å². The van der Waals surface area contributed by atoms with Crippen LogP contribution in [0.3, 0.4) is 0 Å². The summed E-state index contributed by atoms with van der Waals surface area (Å²) in [6.45, 7) is 5.93. The molecule has 0 aliphatic rings. The van der Waals surface area contributed by atoms with E-state index in [2.05, 4.69) is 5.32 Å². The van der Waals surface area contributed by atoms with Crippen molar-refractivity contribution in [1.29, 1.82) is 0 Å². The van der Waals surface area contributed by atoms with E-state index in [1.54, 1.807) is 12.1 Å². The normalized spacial score (nSPS) is 10.9. The molecule has 0 fully saturated rings. The second kappa shape index (κ2) is 4.82. The third-order valence-electron chi connectivity index (χ3n) is 2.28. The van der Waals surface area contributed by atoms with Crippen molar-refractivity contribution in [2.45, 2.75) is 32.7 Å². The Bertz CT molecular complexity index is 320. The Hall–Kier alpha value is -1.51. The zero-order valence-corrected chi connectivity index (χ0v) is 9.41. The van der Waals surface area contributed by atoms with Crippen LogP contribution in [0, 0.1) is 0 Å². The molecule has 3 nitrogen and oxygen atoms in total. The van der Waals surface area contributed by atoms with Crippen molar-refractivity contribution >= 4 is 6.09 Å². The Kier molecular flexibility index (Phi) is 3.72. The van der Waals surface area contributed by atoms with Gasteiger partial charge in [-0.25, -0.2) is 4.79 Å². The number of para-hydroxylation sites is 1. The molecule has 1 aromatic carbocycles. The van der Waals surface area contributed by atoms with Crippen LogP contribution in [-0.2, 0) is 0 Å². The van der Waals surface area contributed by atoms with Gasteiger partial charge in [-0.05, 0) is 32.4 Å². The molecule has 1 amide bonds. The summed E-state index contributed by atoms with van der Waals surface area (Å²) >= 11 is 0. The molecule has 0 aliphatic carbocycles. The lowest BCUT2D eigenvalue weighted by atomic mass is 10.0. The second-order valence-electron chi connectivity index (χ2n) is 4.07. The fraction of sp³-hybridized carbons (Fsp3) is 0.417. The first-order chi connectivity index (χ1) is 7.03. The monoisotopic (exact) mass is 207 g/mol. The molecular formula is C12H17NO2. The lowest BCUT2D eigenvalue weighted by Gasteiger charge is -2.23. The van der Waals surface area contributed by atoms with Crippen LogP contribution in [0.1, 0.15) is 27.2 Å². The Balaban J connectivity index is 2.51. The number of carbonyl (C=O) groups is 1. The summed E-state index contributed by atoms with van der Waals surface area (Å²) in [4.78, 5) is 11.5. The number of benzene rings is 1. The van der Waals surface area contributed by atoms with Crippen molar-refractivity contribution < 1.29 is 9.53 Å². The number of carbonyl (C=O) groups excluding carboxylic acids is 1. The van der Waals surface area contributed by atoms with Gasteiger partial charge in [-0.3, -0.25) is 0 Å². The summed E-state index contributed by atoms with van der Waals surface area (Å²) in [6.07, 6.45) is 0.449. The number of amides is 1.